The molecule has 4 aromatic rings. The highest BCUT2D eigenvalue weighted by molar-refractivity contribution is 7.17. The molecule has 176 valence electrons. The van der Waals surface area contributed by atoms with Gasteiger partial charge in [0.15, 0.2) is 5.76 Å². The number of nitrogens with zero attached hydrogens (tertiary/aromatic N) is 2. The first-order valence-electron chi connectivity index (χ1n) is 11.2. The largest absolute Gasteiger partial charge is 0.503 e. The van der Waals surface area contributed by atoms with Crippen LogP contribution in [-0.4, -0.2) is 21.8 Å². The number of furan rings is 1. The highest BCUT2D eigenvalue weighted by Crippen LogP contribution is 2.44. The number of anilines is 1. The standard InChI is InChI=1S/C28H24N2O4S/c1-15-9-8-12-20(17(15)3)30-23(21-14-13-16(2)34-21)22(25(32)28(30)33)24(31)26-18(4)29-27(35-26)19-10-6-5-7-11-19/h5-14,23,32H,1-4H3. The molecule has 2 aromatic heterocycles. The van der Waals surface area contributed by atoms with Crippen LogP contribution in [-0.2, 0) is 4.79 Å². The lowest BCUT2D eigenvalue weighted by Gasteiger charge is -2.27. The minimum absolute atomic E-state index is 0.00313. The van der Waals surface area contributed by atoms with Gasteiger partial charge in [0, 0.05) is 11.3 Å². The number of carbonyl (C=O) groups is 2. The zero-order valence-electron chi connectivity index (χ0n) is 19.8. The number of carbonyl (C=O) groups excluding carboxylic acids is 2. The van der Waals surface area contributed by atoms with Gasteiger partial charge in [-0.1, -0.05) is 42.5 Å². The molecule has 35 heavy (non-hydrogen) atoms. The van der Waals surface area contributed by atoms with Crippen molar-refractivity contribution in [3.8, 4) is 10.6 Å². The number of benzene rings is 2. The molecule has 0 bridgehead atoms. The first-order chi connectivity index (χ1) is 16.8. The molecule has 1 unspecified atom stereocenters. The van der Waals surface area contributed by atoms with Gasteiger partial charge in [-0.05, 0) is 57.0 Å². The molecule has 7 heteroatoms. The van der Waals surface area contributed by atoms with Crippen LogP contribution in [0.3, 0.4) is 0 Å². The van der Waals surface area contributed by atoms with E-state index in [1.165, 1.54) is 16.2 Å². The van der Waals surface area contributed by atoms with Gasteiger partial charge < -0.3 is 9.52 Å². The van der Waals surface area contributed by atoms with Crippen molar-refractivity contribution < 1.29 is 19.1 Å². The van der Waals surface area contributed by atoms with Crippen LogP contribution in [0.1, 0.15) is 44.1 Å². The van der Waals surface area contributed by atoms with Gasteiger partial charge in [0.05, 0.1) is 16.1 Å². The van der Waals surface area contributed by atoms with Crippen molar-refractivity contribution in [2.75, 3.05) is 4.90 Å². The van der Waals surface area contributed by atoms with Crippen LogP contribution in [0.5, 0.6) is 0 Å². The molecule has 0 aliphatic carbocycles. The second-order valence-electron chi connectivity index (χ2n) is 8.64. The maximum absolute atomic E-state index is 13.9. The van der Waals surface area contributed by atoms with E-state index in [-0.39, 0.29) is 5.57 Å². The summed E-state index contributed by atoms with van der Waals surface area (Å²) in [5.74, 6) is -0.572. The van der Waals surface area contributed by atoms with E-state index in [9.17, 15) is 14.7 Å². The van der Waals surface area contributed by atoms with Gasteiger partial charge in [-0.25, -0.2) is 4.98 Å². The van der Waals surface area contributed by atoms with Gasteiger partial charge in [-0.2, -0.15) is 0 Å². The molecule has 1 amide bonds. The van der Waals surface area contributed by atoms with E-state index in [0.717, 1.165) is 16.7 Å². The van der Waals surface area contributed by atoms with E-state index >= 15 is 0 Å². The molecule has 0 spiro atoms. The monoisotopic (exact) mass is 484 g/mol. The van der Waals surface area contributed by atoms with Crippen molar-refractivity contribution in [1.82, 2.24) is 4.98 Å². The molecule has 5 rings (SSSR count). The third-order valence-electron chi connectivity index (χ3n) is 6.34. The number of Topliss-reactive ketones (excluding diaryl/α,β-unsaturated/α-hetero) is 1. The molecule has 0 saturated heterocycles. The smallest absolute Gasteiger partial charge is 0.294 e. The van der Waals surface area contributed by atoms with E-state index in [4.69, 9.17) is 4.42 Å². The van der Waals surface area contributed by atoms with Crippen LogP contribution >= 0.6 is 11.3 Å². The van der Waals surface area contributed by atoms with Crippen LogP contribution in [0, 0.1) is 27.7 Å². The van der Waals surface area contributed by atoms with Gasteiger partial charge in [0.25, 0.3) is 5.91 Å². The number of ketones is 1. The molecule has 1 aliphatic heterocycles. The number of aromatic nitrogens is 1. The Labute approximate surface area is 207 Å². The van der Waals surface area contributed by atoms with Crippen molar-refractivity contribution >= 4 is 28.7 Å². The fourth-order valence-corrected chi connectivity index (χ4v) is 5.41. The Morgan fingerprint density at radius 2 is 1.74 bits per heavy atom. The number of hydrogen-bond acceptors (Lipinski definition) is 6. The van der Waals surface area contributed by atoms with E-state index < -0.39 is 23.5 Å². The summed E-state index contributed by atoms with van der Waals surface area (Å²) >= 11 is 1.25. The summed E-state index contributed by atoms with van der Waals surface area (Å²) in [6.07, 6.45) is 0. The predicted octanol–water partition coefficient (Wildman–Crippen LogP) is 6.42. The Morgan fingerprint density at radius 1 is 1.00 bits per heavy atom. The molecule has 0 saturated carbocycles. The molecule has 6 nitrogen and oxygen atoms in total. The Bertz CT molecular complexity index is 1500. The fourth-order valence-electron chi connectivity index (χ4n) is 4.39. The maximum Gasteiger partial charge on any atom is 0.294 e. The molecule has 0 fully saturated rings. The lowest BCUT2D eigenvalue weighted by Crippen LogP contribution is -2.31. The number of thiazole rings is 1. The third kappa shape index (κ3) is 3.78. The molecular formula is C28H24N2O4S. The van der Waals surface area contributed by atoms with Gasteiger partial charge in [0.2, 0.25) is 5.78 Å². The number of amides is 1. The van der Waals surface area contributed by atoms with Crippen molar-refractivity contribution in [2.24, 2.45) is 0 Å². The minimum atomic E-state index is -0.897. The van der Waals surface area contributed by atoms with Crippen molar-refractivity contribution in [1.29, 1.82) is 0 Å². The SMILES string of the molecule is Cc1ccc(C2C(C(=O)c3sc(-c4ccccc4)nc3C)=C(O)C(=O)N2c2cccc(C)c2C)o1. The van der Waals surface area contributed by atoms with Crippen molar-refractivity contribution in [2.45, 2.75) is 33.7 Å². The minimum Gasteiger partial charge on any atom is -0.503 e. The third-order valence-corrected chi connectivity index (χ3v) is 7.55. The Hall–Kier alpha value is -3.97. The quantitative estimate of drug-likeness (QED) is 0.331. The molecular weight excluding hydrogens is 460 g/mol. The average Bonchev–Trinajstić information content (AvgIpc) is 3.52. The molecule has 1 atom stereocenters. The topological polar surface area (TPSA) is 83.6 Å². The van der Waals surface area contributed by atoms with Crippen LogP contribution < -0.4 is 4.90 Å². The highest BCUT2D eigenvalue weighted by atomic mass is 32.1. The fraction of sp³-hybridized carbons (Fsp3) is 0.179. The first-order valence-corrected chi connectivity index (χ1v) is 12.1. The van der Waals surface area contributed by atoms with Crippen LogP contribution in [0.2, 0.25) is 0 Å². The lowest BCUT2D eigenvalue weighted by molar-refractivity contribution is -0.117. The van der Waals surface area contributed by atoms with Gasteiger partial charge in [0.1, 0.15) is 22.6 Å². The Kier molecular flexibility index (Phi) is 5.65. The highest BCUT2D eigenvalue weighted by Gasteiger charge is 2.47. The van der Waals surface area contributed by atoms with Crippen LogP contribution in [0.25, 0.3) is 10.6 Å². The molecule has 0 radical (unpaired) electrons. The van der Waals surface area contributed by atoms with E-state index in [2.05, 4.69) is 4.98 Å². The van der Waals surface area contributed by atoms with Crippen molar-refractivity contribution in [3.63, 3.8) is 0 Å². The summed E-state index contributed by atoms with van der Waals surface area (Å²) < 4.78 is 5.90. The molecule has 3 heterocycles. The second-order valence-corrected chi connectivity index (χ2v) is 9.64. The van der Waals surface area contributed by atoms with Gasteiger partial charge >= 0.3 is 0 Å². The first kappa shape index (κ1) is 22.8. The summed E-state index contributed by atoms with van der Waals surface area (Å²) in [6.45, 7) is 7.43. The van der Waals surface area contributed by atoms with E-state index in [1.54, 1.807) is 26.0 Å². The van der Waals surface area contributed by atoms with Gasteiger partial charge in [-0.3, -0.25) is 14.5 Å². The lowest BCUT2D eigenvalue weighted by atomic mass is 9.98. The number of aryl methyl sites for hydroxylation is 3. The normalized spacial score (nSPS) is 15.8. The summed E-state index contributed by atoms with van der Waals surface area (Å²) in [7, 11) is 0. The summed E-state index contributed by atoms with van der Waals surface area (Å²) in [5, 5.41) is 11.7. The van der Waals surface area contributed by atoms with Gasteiger partial charge in [-0.15, -0.1) is 11.3 Å². The number of aliphatic hydroxyl groups is 1. The summed E-state index contributed by atoms with van der Waals surface area (Å²) in [5.41, 5.74) is 3.94. The van der Waals surface area contributed by atoms with E-state index in [1.807, 2.05) is 62.4 Å². The Balaban J connectivity index is 1.65. The molecule has 2 aromatic carbocycles. The Morgan fingerprint density at radius 3 is 2.43 bits per heavy atom. The number of hydrogen-bond donors (Lipinski definition) is 1. The van der Waals surface area contributed by atoms with E-state index in [0.29, 0.717) is 32.8 Å². The predicted molar refractivity (Wildman–Crippen MR) is 136 cm³/mol. The average molecular weight is 485 g/mol. The van der Waals surface area contributed by atoms with Crippen molar-refractivity contribution in [3.05, 3.63) is 105 Å². The summed E-state index contributed by atoms with van der Waals surface area (Å²) in [4.78, 5) is 33.8. The molecule has 1 aliphatic rings. The number of rotatable bonds is 5. The van der Waals surface area contributed by atoms with Crippen LogP contribution in [0.4, 0.5) is 5.69 Å². The second kappa shape index (κ2) is 8.67. The zero-order chi connectivity index (χ0) is 24.9. The number of aliphatic hydroxyl groups excluding tert-OH is 1. The zero-order valence-corrected chi connectivity index (χ0v) is 20.6. The molecule has 1 N–H and O–H groups in total. The maximum atomic E-state index is 13.9. The summed E-state index contributed by atoms with van der Waals surface area (Å²) in [6, 6.07) is 17.8. The van der Waals surface area contributed by atoms with Crippen LogP contribution in [0.15, 0.2) is 76.4 Å².